The van der Waals surface area contributed by atoms with Gasteiger partial charge in [-0.25, -0.2) is 0 Å². The fraction of sp³-hybridized carbons (Fsp3) is 0.500. The van der Waals surface area contributed by atoms with Crippen LogP contribution in [0.3, 0.4) is 0 Å². The van der Waals surface area contributed by atoms with Crippen molar-refractivity contribution in [2.75, 3.05) is 19.9 Å². The van der Waals surface area contributed by atoms with Crippen LogP contribution in [0.25, 0.3) is 0 Å². The first kappa shape index (κ1) is 9.69. The van der Waals surface area contributed by atoms with E-state index < -0.39 is 0 Å². The second-order valence-electron chi connectivity index (χ2n) is 3.69. The summed E-state index contributed by atoms with van der Waals surface area (Å²) >= 11 is 0. The number of nitrogens with zero attached hydrogens (tertiary/aromatic N) is 1. The molecule has 0 unspecified atom stereocenters. The standard InChI is InChI=1S/C12H17NO/c1-2-14-10-13-8-7-11-5-3-4-6-12(11)9-13/h3-6H,2,7-10H2,1H3. The first-order valence-electron chi connectivity index (χ1n) is 5.27. The highest BCUT2D eigenvalue weighted by Crippen LogP contribution is 2.17. The Morgan fingerprint density at radius 2 is 2.07 bits per heavy atom. The van der Waals surface area contributed by atoms with Gasteiger partial charge in [0.25, 0.3) is 0 Å². The lowest BCUT2D eigenvalue weighted by Crippen LogP contribution is -2.32. The van der Waals surface area contributed by atoms with Crippen molar-refractivity contribution in [2.24, 2.45) is 0 Å². The second kappa shape index (κ2) is 4.58. The average molecular weight is 191 g/mol. The van der Waals surface area contributed by atoms with Gasteiger partial charge in [-0.1, -0.05) is 24.3 Å². The molecule has 0 aliphatic carbocycles. The van der Waals surface area contributed by atoms with Crippen molar-refractivity contribution < 1.29 is 4.74 Å². The Morgan fingerprint density at radius 1 is 1.29 bits per heavy atom. The van der Waals surface area contributed by atoms with Gasteiger partial charge in [-0.15, -0.1) is 0 Å². The summed E-state index contributed by atoms with van der Waals surface area (Å²) in [6, 6.07) is 8.68. The molecule has 76 valence electrons. The Morgan fingerprint density at radius 3 is 2.86 bits per heavy atom. The molecule has 0 atom stereocenters. The molecule has 0 saturated heterocycles. The molecule has 2 heteroatoms. The number of hydrogen-bond donors (Lipinski definition) is 0. The molecular formula is C12H17NO. The van der Waals surface area contributed by atoms with Crippen molar-refractivity contribution in [2.45, 2.75) is 19.9 Å². The number of fused-ring (bicyclic) bond motifs is 1. The van der Waals surface area contributed by atoms with Crippen LogP contribution in [-0.4, -0.2) is 24.8 Å². The van der Waals surface area contributed by atoms with Crippen molar-refractivity contribution in [3.05, 3.63) is 35.4 Å². The van der Waals surface area contributed by atoms with E-state index in [4.69, 9.17) is 4.74 Å². The molecule has 0 aromatic heterocycles. The lowest BCUT2D eigenvalue weighted by atomic mass is 10.0. The molecule has 2 nitrogen and oxygen atoms in total. The molecule has 2 rings (SSSR count). The van der Waals surface area contributed by atoms with Crippen LogP contribution in [0.1, 0.15) is 18.1 Å². The molecule has 0 N–H and O–H groups in total. The third-order valence-electron chi connectivity index (χ3n) is 2.69. The molecule has 14 heavy (non-hydrogen) atoms. The van der Waals surface area contributed by atoms with Gasteiger partial charge in [0.15, 0.2) is 0 Å². The predicted octanol–water partition coefficient (Wildman–Crippen LogP) is 2.04. The van der Waals surface area contributed by atoms with Crippen LogP contribution in [0, 0.1) is 0 Å². The van der Waals surface area contributed by atoms with Gasteiger partial charge in [0, 0.05) is 19.7 Å². The Kier molecular flexibility index (Phi) is 3.17. The topological polar surface area (TPSA) is 12.5 Å². The molecule has 0 bridgehead atoms. The normalized spacial score (nSPS) is 16.6. The van der Waals surface area contributed by atoms with E-state index in [1.165, 1.54) is 11.1 Å². The Hall–Kier alpha value is -0.860. The minimum atomic E-state index is 0.769. The van der Waals surface area contributed by atoms with E-state index in [9.17, 15) is 0 Å². The number of rotatable bonds is 3. The Labute approximate surface area is 85.5 Å². The SMILES string of the molecule is CCOCN1CCc2ccccc2C1. The fourth-order valence-electron chi connectivity index (χ4n) is 1.88. The summed E-state index contributed by atoms with van der Waals surface area (Å²) in [5.41, 5.74) is 2.96. The summed E-state index contributed by atoms with van der Waals surface area (Å²) in [6.45, 7) is 5.77. The van der Waals surface area contributed by atoms with Crippen molar-refractivity contribution in [1.82, 2.24) is 4.90 Å². The number of benzene rings is 1. The molecule has 0 spiro atoms. The van der Waals surface area contributed by atoms with Crippen LogP contribution in [-0.2, 0) is 17.7 Å². The van der Waals surface area contributed by atoms with E-state index in [-0.39, 0.29) is 0 Å². The monoisotopic (exact) mass is 191 g/mol. The van der Waals surface area contributed by atoms with Gasteiger partial charge in [-0.2, -0.15) is 0 Å². The van der Waals surface area contributed by atoms with Gasteiger partial charge in [0.05, 0.1) is 6.73 Å². The van der Waals surface area contributed by atoms with Crippen molar-refractivity contribution in [3.8, 4) is 0 Å². The molecule has 1 aromatic rings. The summed E-state index contributed by atoms with van der Waals surface area (Å²) < 4.78 is 5.41. The predicted molar refractivity (Wildman–Crippen MR) is 57.0 cm³/mol. The largest absolute Gasteiger partial charge is 0.366 e. The van der Waals surface area contributed by atoms with Crippen LogP contribution in [0.4, 0.5) is 0 Å². The van der Waals surface area contributed by atoms with Crippen LogP contribution in [0.5, 0.6) is 0 Å². The van der Waals surface area contributed by atoms with Crippen LogP contribution < -0.4 is 0 Å². The van der Waals surface area contributed by atoms with E-state index in [0.717, 1.165) is 32.8 Å². The third-order valence-corrected chi connectivity index (χ3v) is 2.69. The molecular weight excluding hydrogens is 174 g/mol. The molecule has 0 saturated carbocycles. The maximum atomic E-state index is 5.41. The summed E-state index contributed by atoms with van der Waals surface area (Å²) in [7, 11) is 0. The Balaban J connectivity index is 1.99. The zero-order valence-electron chi connectivity index (χ0n) is 8.70. The summed E-state index contributed by atoms with van der Waals surface area (Å²) in [6.07, 6.45) is 1.16. The van der Waals surface area contributed by atoms with Gasteiger partial charge in [-0.3, -0.25) is 4.90 Å². The quantitative estimate of drug-likeness (QED) is 0.725. The maximum absolute atomic E-state index is 5.41. The van der Waals surface area contributed by atoms with Crippen LogP contribution in [0.15, 0.2) is 24.3 Å². The molecule has 1 aliphatic heterocycles. The van der Waals surface area contributed by atoms with Gasteiger partial charge < -0.3 is 4.74 Å². The van der Waals surface area contributed by atoms with Crippen molar-refractivity contribution in [1.29, 1.82) is 0 Å². The van der Waals surface area contributed by atoms with E-state index in [0.29, 0.717) is 0 Å². The van der Waals surface area contributed by atoms with Gasteiger partial charge in [0.2, 0.25) is 0 Å². The lowest BCUT2D eigenvalue weighted by Gasteiger charge is -2.28. The van der Waals surface area contributed by atoms with Crippen LogP contribution in [0.2, 0.25) is 0 Å². The lowest BCUT2D eigenvalue weighted by molar-refractivity contribution is 0.0279. The first-order valence-corrected chi connectivity index (χ1v) is 5.27. The highest BCUT2D eigenvalue weighted by atomic mass is 16.5. The maximum Gasteiger partial charge on any atom is 0.0993 e. The molecule has 0 fully saturated rings. The Bertz CT molecular complexity index is 298. The van der Waals surface area contributed by atoms with E-state index in [1.54, 1.807) is 0 Å². The van der Waals surface area contributed by atoms with Gasteiger partial charge in [-0.05, 0) is 24.5 Å². The molecule has 1 heterocycles. The first-order chi connectivity index (χ1) is 6.90. The second-order valence-corrected chi connectivity index (χ2v) is 3.69. The third kappa shape index (κ3) is 2.14. The summed E-state index contributed by atoms with van der Waals surface area (Å²) in [4.78, 5) is 2.35. The van der Waals surface area contributed by atoms with E-state index in [2.05, 4.69) is 29.2 Å². The molecule has 1 aromatic carbocycles. The number of ether oxygens (including phenoxy) is 1. The zero-order chi connectivity index (χ0) is 9.80. The van der Waals surface area contributed by atoms with Crippen LogP contribution >= 0.6 is 0 Å². The highest BCUT2D eigenvalue weighted by Gasteiger charge is 2.14. The smallest absolute Gasteiger partial charge is 0.0993 e. The summed E-state index contributed by atoms with van der Waals surface area (Å²) in [5, 5.41) is 0. The fourth-order valence-corrected chi connectivity index (χ4v) is 1.88. The zero-order valence-corrected chi connectivity index (χ0v) is 8.70. The number of hydrogen-bond acceptors (Lipinski definition) is 2. The highest BCUT2D eigenvalue weighted by molar-refractivity contribution is 5.28. The van der Waals surface area contributed by atoms with Gasteiger partial charge >= 0.3 is 0 Å². The van der Waals surface area contributed by atoms with Crippen molar-refractivity contribution in [3.63, 3.8) is 0 Å². The summed E-state index contributed by atoms with van der Waals surface area (Å²) in [5.74, 6) is 0. The molecule has 1 aliphatic rings. The average Bonchev–Trinajstić information content (AvgIpc) is 2.26. The minimum Gasteiger partial charge on any atom is -0.366 e. The minimum absolute atomic E-state index is 0.769. The van der Waals surface area contributed by atoms with E-state index >= 15 is 0 Å². The molecule has 0 radical (unpaired) electrons. The van der Waals surface area contributed by atoms with Crippen molar-refractivity contribution >= 4 is 0 Å². The molecule has 0 amide bonds. The van der Waals surface area contributed by atoms with Gasteiger partial charge in [0.1, 0.15) is 0 Å². The van der Waals surface area contributed by atoms with E-state index in [1.807, 2.05) is 6.92 Å².